The van der Waals surface area contributed by atoms with Crippen LogP contribution in [0.2, 0.25) is 0 Å². The molecule has 0 aliphatic rings. The molecule has 0 bridgehead atoms. The molecule has 0 fully saturated rings. The van der Waals surface area contributed by atoms with Gasteiger partial charge in [0.15, 0.2) is 0 Å². The van der Waals surface area contributed by atoms with Crippen molar-refractivity contribution < 1.29 is 18.3 Å². The van der Waals surface area contributed by atoms with E-state index >= 15 is 0 Å². The standard InChI is InChI=1S/C12H16N2O4S2/c1-4-6-19-7-5-13-20(17,18)11-8(2)10(12(15)16)14-9(11)3/h1,13-14H,5-7H2,2-3H3,(H,15,16). The highest BCUT2D eigenvalue weighted by Gasteiger charge is 2.25. The van der Waals surface area contributed by atoms with Crippen LogP contribution in [-0.4, -0.2) is 42.5 Å². The number of carboxylic acid groups (broad SMARTS) is 1. The molecule has 0 atom stereocenters. The molecule has 0 radical (unpaired) electrons. The highest BCUT2D eigenvalue weighted by molar-refractivity contribution is 7.99. The Balaban J connectivity index is 2.88. The van der Waals surface area contributed by atoms with E-state index in [1.807, 2.05) is 0 Å². The summed E-state index contributed by atoms with van der Waals surface area (Å²) < 4.78 is 26.8. The molecule has 0 saturated heterocycles. The number of aromatic carboxylic acids is 1. The van der Waals surface area contributed by atoms with Crippen LogP contribution in [0, 0.1) is 26.2 Å². The van der Waals surface area contributed by atoms with Crippen LogP contribution in [0.1, 0.15) is 21.7 Å². The predicted molar refractivity (Wildman–Crippen MR) is 78.6 cm³/mol. The van der Waals surface area contributed by atoms with Crippen molar-refractivity contribution in [1.29, 1.82) is 0 Å². The number of thioether (sulfide) groups is 1. The predicted octanol–water partition coefficient (Wildman–Crippen LogP) is 0.974. The second-order valence-corrected chi connectivity index (χ2v) is 6.85. The zero-order chi connectivity index (χ0) is 15.3. The Labute approximate surface area is 122 Å². The summed E-state index contributed by atoms with van der Waals surface area (Å²) in [5, 5.41) is 8.97. The summed E-state index contributed by atoms with van der Waals surface area (Å²) >= 11 is 1.44. The Kier molecular flexibility index (Phi) is 5.68. The van der Waals surface area contributed by atoms with Gasteiger partial charge in [0, 0.05) is 23.6 Å². The number of aromatic amines is 1. The average molecular weight is 316 g/mol. The molecule has 1 heterocycles. The van der Waals surface area contributed by atoms with Gasteiger partial charge in [-0.05, 0) is 13.8 Å². The van der Waals surface area contributed by atoms with Crippen LogP contribution in [0.4, 0.5) is 0 Å². The topological polar surface area (TPSA) is 99.3 Å². The van der Waals surface area contributed by atoms with Gasteiger partial charge in [0.05, 0.1) is 5.75 Å². The van der Waals surface area contributed by atoms with Crippen molar-refractivity contribution >= 4 is 27.8 Å². The van der Waals surface area contributed by atoms with Crippen LogP contribution in [0.5, 0.6) is 0 Å². The van der Waals surface area contributed by atoms with E-state index in [9.17, 15) is 13.2 Å². The van der Waals surface area contributed by atoms with Gasteiger partial charge >= 0.3 is 5.97 Å². The molecule has 1 aromatic heterocycles. The minimum absolute atomic E-state index is 0.00292. The molecule has 0 spiro atoms. The lowest BCUT2D eigenvalue weighted by molar-refractivity contribution is 0.0690. The summed E-state index contributed by atoms with van der Waals surface area (Å²) in [7, 11) is -3.73. The fourth-order valence-corrected chi connectivity index (χ4v) is 3.91. The van der Waals surface area contributed by atoms with Gasteiger partial charge in [0.1, 0.15) is 10.6 Å². The molecule has 0 aromatic carbocycles. The van der Waals surface area contributed by atoms with Gasteiger partial charge in [0.2, 0.25) is 10.0 Å². The first kappa shape index (κ1) is 16.6. The molecule has 20 heavy (non-hydrogen) atoms. The maximum Gasteiger partial charge on any atom is 0.352 e. The summed E-state index contributed by atoms with van der Waals surface area (Å²) in [5.74, 6) is 2.34. The third-order valence-corrected chi connectivity index (χ3v) is 5.17. The molecular formula is C12H16N2O4S2. The Morgan fingerprint density at radius 2 is 2.15 bits per heavy atom. The van der Waals surface area contributed by atoms with Crippen LogP contribution >= 0.6 is 11.8 Å². The van der Waals surface area contributed by atoms with E-state index in [0.29, 0.717) is 17.2 Å². The number of carboxylic acids is 1. The van der Waals surface area contributed by atoms with Gasteiger partial charge in [-0.25, -0.2) is 17.9 Å². The fourth-order valence-electron chi connectivity index (χ4n) is 1.80. The third kappa shape index (κ3) is 3.79. The third-order valence-electron chi connectivity index (χ3n) is 2.58. The maximum atomic E-state index is 12.2. The highest BCUT2D eigenvalue weighted by atomic mass is 32.2. The van der Waals surface area contributed by atoms with Gasteiger partial charge in [-0.3, -0.25) is 0 Å². The summed E-state index contributed by atoms with van der Waals surface area (Å²) in [6.45, 7) is 3.23. The Morgan fingerprint density at radius 3 is 2.65 bits per heavy atom. The second-order valence-electron chi connectivity index (χ2n) is 4.04. The van der Waals surface area contributed by atoms with Crippen LogP contribution < -0.4 is 4.72 Å². The van der Waals surface area contributed by atoms with Crippen molar-refractivity contribution in [1.82, 2.24) is 9.71 Å². The summed E-state index contributed by atoms with van der Waals surface area (Å²) in [4.78, 5) is 13.6. The Morgan fingerprint density at radius 1 is 1.50 bits per heavy atom. The Bertz CT molecular complexity index is 641. The molecule has 3 N–H and O–H groups in total. The van der Waals surface area contributed by atoms with Gasteiger partial charge in [-0.15, -0.1) is 18.2 Å². The molecule has 1 aromatic rings. The van der Waals surface area contributed by atoms with Gasteiger partial charge < -0.3 is 10.1 Å². The number of sulfonamides is 1. The van der Waals surface area contributed by atoms with E-state index in [4.69, 9.17) is 11.5 Å². The molecule has 0 saturated carbocycles. The monoisotopic (exact) mass is 316 g/mol. The SMILES string of the molecule is C#CCSCCNS(=O)(=O)c1c(C)[nH]c(C(=O)O)c1C. The molecule has 0 aliphatic heterocycles. The number of hydrogen-bond acceptors (Lipinski definition) is 4. The molecular weight excluding hydrogens is 300 g/mol. The minimum atomic E-state index is -3.73. The van der Waals surface area contributed by atoms with Crippen molar-refractivity contribution in [3.63, 3.8) is 0 Å². The van der Waals surface area contributed by atoms with Crippen LogP contribution in [0.25, 0.3) is 0 Å². The molecule has 0 aliphatic carbocycles. The largest absolute Gasteiger partial charge is 0.477 e. The van der Waals surface area contributed by atoms with Gasteiger partial charge in [0.25, 0.3) is 0 Å². The number of carbonyl (C=O) groups is 1. The fraction of sp³-hybridized carbons (Fsp3) is 0.417. The van der Waals surface area contributed by atoms with E-state index in [2.05, 4.69) is 15.6 Å². The molecule has 0 amide bonds. The van der Waals surface area contributed by atoms with E-state index in [1.165, 1.54) is 25.6 Å². The van der Waals surface area contributed by atoms with E-state index in [-0.39, 0.29) is 22.7 Å². The van der Waals surface area contributed by atoms with Crippen LogP contribution in [0.15, 0.2) is 4.90 Å². The number of aryl methyl sites for hydroxylation is 1. The first-order chi connectivity index (χ1) is 9.31. The highest BCUT2D eigenvalue weighted by Crippen LogP contribution is 2.22. The number of aromatic nitrogens is 1. The van der Waals surface area contributed by atoms with Gasteiger partial charge in [-0.1, -0.05) is 5.92 Å². The first-order valence-electron chi connectivity index (χ1n) is 5.74. The maximum absolute atomic E-state index is 12.2. The lowest BCUT2D eigenvalue weighted by Crippen LogP contribution is -2.27. The minimum Gasteiger partial charge on any atom is -0.477 e. The zero-order valence-corrected chi connectivity index (χ0v) is 12.8. The van der Waals surface area contributed by atoms with E-state index in [0.717, 1.165) is 0 Å². The number of terminal acetylenes is 1. The molecule has 110 valence electrons. The number of H-pyrrole nitrogens is 1. The van der Waals surface area contributed by atoms with Crippen LogP contribution in [0.3, 0.4) is 0 Å². The quantitative estimate of drug-likeness (QED) is 0.514. The Hall–Kier alpha value is -1.43. The average Bonchev–Trinajstić information content (AvgIpc) is 2.65. The lowest BCUT2D eigenvalue weighted by atomic mass is 10.2. The smallest absolute Gasteiger partial charge is 0.352 e. The number of hydrogen-bond donors (Lipinski definition) is 3. The molecule has 0 unspecified atom stereocenters. The zero-order valence-electron chi connectivity index (χ0n) is 11.2. The summed E-state index contributed by atoms with van der Waals surface area (Å²) in [6, 6.07) is 0. The van der Waals surface area contributed by atoms with Crippen molar-refractivity contribution in [3.8, 4) is 12.3 Å². The summed E-state index contributed by atoms with van der Waals surface area (Å²) in [6.07, 6.45) is 5.09. The summed E-state index contributed by atoms with van der Waals surface area (Å²) in [5.41, 5.74) is 0.409. The van der Waals surface area contributed by atoms with Crippen LogP contribution in [-0.2, 0) is 10.0 Å². The van der Waals surface area contributed by atoms with E-state index in [1.54, 1.807) is 0 Å². The molecule has 8 heteroatoms. The van der Waals surface area contributed by atoms with E-state index < -0.39 is 16.0 Å². The second kappa shape index (κ2) is 6.83. The normalized spacial score (nSPS) is 11.2. The number of nitrogens with one attached hydrogen (secondary N) is 2. The first-order valence-corrected chi connectivity index (χ1v) is 8.38. The van der Waals surface area contributed by atoms with Crippen molar-refractivity contribution in [2.75, 3.05) is 18.1 Å². The van der Waals surface area contributed by atoms with Crippen molar-refractivity contribution in [2.24, 2.45) is 0 Å². The number of rotatable bonds is 7. The van der Waals surface area contributed by atoms with Gasteiger partial charge in [-0.2, -0.15) is 0 Å². The van der Waals surface area contributed by atoms with Crippen molar-refractivity contribution in [2.45, 2.75) is 18.7 Å². The lowest BCUT2D eigenvalue weighted by Gasteiger charge is -2.07. The van der Waals surface area contributed by atoms with Crippen molar-refractivity contribution in [3.05, 3.63) is 17.0 Å². The molecule has 6 nitrogen and oxygen atoms in total. The molecule has 1 rings (SSSR count).